The van der Waals surface area contributed by atoms with Crippen molar-refractivity contribution in [3.05, 3.63) is 56.4 Å². The summed E-state index contributed by atoms with van der Waals surface area (Å²) in [6.07, 6.45) is 5.10. The van der Waals surface area contributed by atoms with E-state index >= 15 is 0 Å². The minimum atomic E-state index is -0.585. The van der Waals surface area contributed by atoms with Crippen molar-refractivity contribution in [2.45, 2.75) is 59.4 Å². The first kappa shape index (κ1) is 19.8. The maximum absolute atomic E-state index is 13.4. The number of nitrogens with zero attached hydrogens (tertiary/aromatic N) is 2. The number of nitrogens with one attached hydrogen (secondary N) is 1. The number of hydrogen-bond donors (Lipinski definition) is 1. The molecule has 0 saturated heterocycles. The highest BCUT2D eigenvalue weighted by atomic mass is 32.1. The van der Waals surface area contributed by atoms with Gasteiger partial charge in [-0.05, 0) is 74.3 Å². The van der Waals surface area contributed by atoms with Crippen LogP contribution in [-0.2, 0) is 17.6 Å². The number of fused-ring (bicyclic) bond motifs is 3. The number of hydrogen-bond acceptors (Lipinski definition) is 4. The van der Waals surface area contributed by atoms with Crippen molar-refractivity contribution in [3.8, 4) is 0 Å². The van der Waals surface area contributed by atoms with Gasteiger partial charge in [0.25, 0.3) is 5.56 Å². The monoisotopic (exact) mass is 409 g/mol. The Labute approximate surface area is 174 Å². The molecule has 152 valence electrons. The number of amides is 1. The maximum atomic E-state index is 13.4. The third kappa shape index (κ3) is 3.73. The summed E-state index contributed by atoms with van der Waals surface area (Å²) in [5.41, 5.74) is 4.00. The van der Waals surface area contributed by atoms with Crippen LogP contribution in [0.5, 0.6) is 0 Å². The summed E-state index contributed by atoms with van der Waals surface area (Å²) in [6, 6.07) is 5.37. The van der Waals surface area contributed by atoms with Gasteiger partial charge in [-0.3, -0.25) is 14.2 Å². The van der Waals surface area contributed by atoms with Gasteiger partial charge in [-0.15, -0.1) is 11.3 Å². The summed E-state index contributed by atoms with van der Waals surface area (Å²) in [7, 11) is 0. The van der Waals surface area contributed by atoms with E-state index in [1.165, 1.54) is 9.44 Å². The number of carbonyl (C=O) groups is 1. The number of rotatable bonds is 4. The lowest BCUT2D eigenvalue weighted by Crippen LogP contribution is -2.33. The average molecular weight is 410 g/mol. The third-order valence-corrected chi connectivity index (χ3v) is 6.92. The first-order valence-corrected chi connectivity index (χ1v) is 11.1. The zero-order chi connectivity index (χ0) is 20.7. The van der Waals surface area contributed by atoms with Crippen LogP contribution in [0.4, 0.5) is 5.69 Å². The van der Waals surface area contributed by atoms with Crippen LogP contribution in [-0.4, -0.2) is 15.5 Å². The Bertz CT molecular complexity index is 1120. The van der Waals surface area contributed by atoms with Gasteiger partial charge in [-0.1, -0.05) is 19.9 Å². The molecule has 0 bridgehead atoms. The predicted molar refractivity (Wildman–Crippen MR) is 119 cm³/mol. The largest absolute Gasteiger partial charge is 0.324 e. The van der Waals surface area contributed by atoms with Gasteiger partial charge in [-0.2, -0.15) is 0 Å². The molecular formula is C23H27N3O2S. The normalized spacial score (nSPS) is 17.2. The van der Waals surface area contributed by atoms with E-state index in [1.54, 1.807) is 17.7 Å². The highest BCUT2D eigenvalue weighted by molar-refractivity contribution is 7.18. The molecule has 5 nitrogen and oxygen atoms in total. The van der Waals surface area contributed by atoms with Gasteiger partial charge < -0.3 is 5.32 Å². The van der Waals surface area contributed by atoms with Gasteiger partial charge in [0.1, 0.15) is 10.9 Å². The molecule has 0 spiro atoms. The molecule has 1 aromatic carbocycles. The third-order valence-electron chi connectivity index (χ3n) is 5.76. The molecule has 4 rings (SSSR count). The number of aryl methyl sites for hydroxylation is 3. The van der Waals surface area contributed by atoms with Crippen molar-refractivity contribution in [1.82, 2.24) is 9.55 Å². The summed E-state index contributed by atoms with van der Waals surface area (Å²) in [5, 5.41) is 3.71. The van der Waals surface area contributed by atoms with Gasteiger partial charge in [0, 0.05) is 10.6 Å². The molecule has 0 saturated carbocycles. The van der Waals surface area contributed by atoms with Crippen LogP contribution in [0.25, 0.3) is 10.2 Å². The van der Waals surface area contributed by atoms with Gasteiger partial charge in [0.15, 0.2) is 0 Å². The van der Waals surface area contributed by atoms with Crippen molar-refractivity contribution < 1.29 is 4.79 Å². The first-order chi connectivity index (χ1) is 13.9. The highest BCUT2D eigenvalue weighted by Gasteiger charge is 2.26. The number of thiophene rings is 1. The van der Waals surface area contributed by atoms with Crippen molar-refractivity contribution in [3.63, 3.8) is 0 Å². The van der Waals surface area contributed by atoms with Crippen molar-refractivity contribution in [2.24, 2.45) is 5.92 Å². The molecule has 1 amide bonds. The SMILES string of the molecule is CCC(C(=O)Nc1cc(C)cc(C)c1)n1cnc2sc3c(c2c1=O)CCC(C)C3. The molecule has 0 radical (unpaired) electrons. The summed E-state index contributed by atoms with van der Waals surface area (Å²) < 4.78 is 1.52. The van der Waals surface area contributed by atoms with Crippen LogP contribution >= 0.6 is 11.3 Å². The Morgan fingerprint density at radius 3 is 2.72 bits per heavy atom. The lowest BCUT2D eigenvalue weighted by Gasteiger charge is -2.19. The fourth-order valence-corrected chi connectivity index (χ4v) is 5.69. The minimum Gasteiger partial charge on any atom is -0.324 e. The molecular weight excluding hydrogens is 382 g/mol. The molecule has 1 aliphatic carbocycles. The Hall–Kier alpha value is -2.47. The fourth-order valence-electron chi connectivity index (χ4n) is 4.35. The van der Waals surface area contributed by atoms with Crippen molar-refractivity contribution in [1.29, 1.82) is 0 Å². The second-order valence-corrected chi connectivity index (χ2v) is 9.36. The van der Waals surface area contributed by atoms with Crippen LogP contribution in [0, 0.1) is 19.8 Å². The van der Waals surface area contributed by atoms with Gasteiger partial charge in [-0.25, -0.2) is 4.98 Å². The molecule has 2 heterocycles. The lowest BCUT2D eigenvalue weighted by atomic mass is 9.89. The zero-order valence-corrected chi connectivity index (χ0v) is 18.2. The Balaban J connectivity index is 1.71. The fraction of sp³-hybridized carbons (Fsp3) is 0.435. The molecule has 0 aliphatic heterocycles. The van der Waals surface area contributed by atoms with E-state index in [2.05, 4.69) is 23.3 Å². The lowest BCUT2D eigenvalue weighted by molar-refractivity contribution is -0.119. The second-order valence-electron chi connectivity index (χ2n) is 8.28. The molecule has 2 unspecified atom stereocenters. The van der Waals surface area contributed by atoms with E-state index < -0.39 is 6.04 Å². The number of anilines is 1. The van der Waals surface area contributed by atoms with Gasteiger partial charge in [0.05, 0.1) is 11.7 Å². The Morgan fingerprint density at radius 2 is 2.03 bits per heavy atom. The minimum absolute atomic E-state index is 0.0931. The summed E-state index contributed by atoms with van der Waals surface area (Å²) in [4.78, 5) is 33.0. The van der Waals surface area contributed by atoms with E-state index in [0.29, 0.717) is 12.3 Å². The number of carbonyl (C=O) groups excluding carboxylic acids is 1. The van der Waals surface area contributed by atoms with Crippen LogP contribution in [0.15, 0.2) is 29.3 Å². The smallest absolute Gasteiger partial charge is 0.263 e. The molecule has 2 atom stereocenters. The highest BCUT2D eigenvalue weighted by Crippen LogP contribution is 2.35. The molecule has 29 heavy (non-hydrogen) atoms. The van der Waals surface area contributed by atoms with E-state index in [-0.39, 0.29) is 11.5 Å². The van der Waals surface area contributed by atoms with Gasteiger partial charge >= 0.3 is 0 Å². The second kappa shape index (κ2) is 7.75. The Kier molecular flexibility index (Phi) is 5.30. The van der Waals surface area contributed by atoms with Gasteiger partial charge in [0.2, 0.25) is 5.91 Å². The summed E-state index contributed by atoms with van der Waals surface area (Å²) >= 11 is 1.63. The molecule has 0 fully saturated rings. The molecule has 6 heteroatoms. The van der Waals surface area contributed by atoms with E-state index in [4.69, 9.17) is 0 Å². The quantitative estimate of drug-likeness (QED) is 0.674. The molecule has 1 aliphatic rings. The summed E-state index contributed by atoms with van der Waals surface area (Å²) in [5.74, 6) is 0.461. The topological polar surface area (TPSA) is 64.0 Å². The zero-order valence-electron chi connectivity index (χ0n) is 17.4. The average Bonchev–Trinajstić information content (AvgIpc) is 3.01. The molecule has 1 N–H and O–H groups in total. The van der Waals surface area contributed by atoms with E-state index in [1.807, 2.05) is 32.9 Å². The van der Waals surface area contributed by atoms with Crippen LogP contribution < -0.4 is 10.9 Å². The maximum Gasteiger partial charge on any atom is 0.263 e. The van der Waals surface area contributed by atoms with Crippen molar-refractivity contribution >= 4 is 33.1 Å². The number of aromatic nitrogens is 2. The van der Waals surface area contributed by atoms with Crippen molar-refractivity contribution in [2.75, 3.05) is 5.32 Å². The van der Waals surface area contributed by atoms with Crippen LogP contribution in [0.3, 0.4) is 0 Å². The standard InChI is InChI=1S/C23H27N3O2S/c1-5-18(21(27)25-16-9-14(3)8-15(4)10-16)26-12-24-22-20(23(26)28)17-7-6-13(2)11-19(17)29-22/h8-10,12-13,18H,5-7,11H2,1-4H3,(H,25,27). The number of benzene rings is 1. The van der Waals surface area contributed by atoms with Crippen LogP contribution in [0.1, 0.15) is 54.3 Å². The van der Waals surface area contributed by atoms with E-state index in [9.17, 15) is 9.59 Å². The first-order valence-electron chi connectivity index (χ1n) is 10.3. The predicted octanol–water partition coefficient (Wildman–Crippen LogP) is 4.79. The molecule has 3 aromatic rings. The molecule has 2 aromatic heterocycles. The summed E-state index contributed by atoms with van der Waals surface area (Å²) in [6.45, 7) is 8.18. The Morgan fingerprint density at radius 1 is 1.31 bits per heavy atom. The van der Waals surface area contributed by atoms with E-state index in [0.717, 1.165) is 51.9 Å². The van der Waals surface area contributed by atoms with Crippen LogP contribution in [0.2, 0.25) is 0 Å².